The normalized spacial score (nSPS) is 39.0. The number of hydrogen-bond acceptors (Lipinski definition) is 2. The van der Waals surface area contributed by atoms with Crippen LogP contribution in [0.5, 0.6) is 0 Å². The van der Waals surface area contributed by atoms with Crippen LogP contribution in [0, 0.1) is 34.0 Å². The van der Waals surface area contributed by atoms with Crippen molar-refractivity contribution < 1.29 is 0 Å². The van der Waals surface area contributed by atoms with Crippen molar-refractivity contribution in [2.75, 3.05) is 6.54 Å². The van der Waals surface area contributed by atoms with Gasteiger partial charge in [0.15, 0.2) is 0 Å². The molecule has 2 saturated carbocycles. The average molecular weight is 351 g/mol. The van der Waals surface area contributed by atoms with Crippen LogP contribution >= 0.6 is 0 Å². The Morgan fingerprint density at radius 2 is 1.81 bits per heavy atom. The molecule has 4 rings (SSSR count). The van der Waals surface area contributed by atoms with Crippen molar-refractivity contribution in [3.8, 4) is 6.07 Å². The predicted molar refractivity (Wildman–Crippen MR) is 106 cm³/mol. The molecule has 1 saturated heterocycles. The Labute approximate surface area is 159 Å². The van der Waals surface area contributed by atoms with Crippen LogP contribution in [-0.2, 0) is 6.54 Å². The molecule has 1 aromatic carbocycles. The molecule has 0 N–H and O–H groups in total. The van der Waals surface area contributed by atoms with E-state index in [-0.39, 0.29) is 5.54 Å². The molecule has 1 heterocycles. The van der Waals surface area contributed by atoms with Crippen molar-refractivity contribution in [1.29, 1.82) is 5.26 Å². The van der Waals surface area contributed by atoms with Crippen LogP contribution in [0.15, 0.2) is 30.3 Å². The molecule has 140 valence electrons. The van der Waals surface area contributed by atoms with Gasteiger partial charge in [-0.15, -0.1) is 0 Å². The first-order valence-electron chi connectivity index (χ1n) is 10.6. The number of likely N-dealkylation sites (tertiary alicyclic amines) is 1. The van der Waals surface area contributed by atoms with Crippen LogP contribution in [-0.4, -0.2) is 17.0 Å². The molecule has 26 heavy (non-hydrogen) atoms. The van der Waals surface area contributed by atoms with E-state index in [2.05, 4.69) is 62.1 Å². The van der Waals surface area contributed by atoms with Crippen molar-refractivity contribution in [1.82, 2.24) is 4.90 Å². The van der Waals surface area contributed by atoms with Gasteiger partial charge in [0.05, 0.1) is 12.5 Å². The van der Waals surface area contributed by atoms with E-state index < -0.39 is 0 Å². The second kappa shape index (κ2) is 6.38. The molecular weight excluding hydrogens is 316 g/mol. The Bertz CT molecular complexity index is 688. The standard InChI is InChI=1S/C24H34N2/c1-22(2)12-7-13-23(3)20(22)10-14-24(15-16-25)21(23)11-17-26(24)18-19-8-5-4-6-9-19/h4-6,8-9,20-21H,7,10-15,17-18H2,1-3H3/t20-,21-,23-,24-/m0/s1. The Balaban J connectivity index is 1.68. The molecular formula is C24H34N2. The molecule has 2 nitrogen and oxygen atoms in total. The predicted octanol–water partition coefficient (Wildman–Crippen LogP) is 5.79. The fraction of sp³-hybridized carbons (Fsp3) is 0.708. The zero-order chi connectivity index (χ0) is 18.4. The van der Waals surface area contributed by atoms with E-state index in [1.165, 1.54) is 44.1 Å². The summed E-state index contributed by atoms with van der Waals surface area (Å²) in [5.41, 5.74) is 2.35. The fourth-order valence-corrected chi connectivity index (χ4v) is 7.47. The Morgan fingerprint density at radius 3 is 2.54 bits per heavy atom. The molecule has 3 aliphatic rings. The van der Waals surface area contributed by atoms with E-state index in [9.17, 15) is 5.26 Å². The lowest BCUT2D eigenvalue weighted by molar-refractivity contribution is -0.121. The van der Waals surface area contributed by atoms with Crippen molar-refractivity contribution >= 4 is 0 Å². The van der Waals surface area contributed by atoms with Crippen LogP contribution in [0.4, 0.5) is 0 Å². The van der Waals surface area contributed by atoms with Gasteiger partial charge in [0.1, 0.15) is 0 Å². The van der Waals surface area contributed by atoms with Gasteiger partial charge < -0.3 is 0 Å². The van der Waals surface area contributed by atoms with E-state index in [0.717, 1.165) is 19.0 Å². The summed E-state index contributed by atoms with van der Waals surface area (Å²) in [5.74, 6) is 1.49. The first-order chi connectivity index (χ1) is 12.4. The summed E-state index contributed by atoms with van der Waals surface area (Å²) in [5, 5.41) is 9.75. The summed E-state index contributed by atoms with van der Waals surface area (Å²) in [6, 6.07) is 13.5. The maximum Gasteiger partial charge on any atom is 0.0641 e. The molecule has 0 aromatic heterocycles. The molecule has 4 atom stereocenters. The first kappa shape index (κ1) is 18.1. The van der Waals surface area contributed by atoms with Gasteiger partial charge in [-0.05, 0) is 66.9 Å². The SMILES string of the molecule is CC1(C)CCC[C@@]2(C)[C@H]1CC[C@]1(CC#N)[C@H]2CCN1Cc1ccccc1. The van der Waals surface area contributed by atoms with Crippen molar-refractivity contribution in [2.24, 2.45) is 22.7 Å². The maximum atomic E-state index is 9.75. The van der Waals surface area contributed by atoms with Gasteiger partial charge in [-0.25, -0.2) is 0 Å². The fourth-order valence-electron chi connectivity index (χ4n) is 7.47. The third kappa shape index (κ3) is 2.63. The Kier molecular flexibility index (Phi) is 4.43. The van der Waals surface area contributed by atoms with Crippen molar-refractivity contribution in [3.63, 3.8) is 0 Å². The number of nitrogens with zero attached hydrogens (tertiary/aromatic N) is 2. The summed E-state index contributed by atoms with van der Waals surface area (Å²) in [4.78, 5) is 2.69. The van der Waals surface area contributed by atoms with Crippen molar-refractivity contribution in [2.45, 2.75) is 77.8 Å². The van der Waals surface area contributed by atoms with E-state index in [1.807, 2.05) is 0 Å². The highest BCUT2D eigenvalue weighted by Crippen LogP contribution is 2.66. The molecule has 0 unspecified atom stereocenters. The Hall–Kier alpha value is -1.33. The zero-order valence-corrected chi connectivity index (χ0v) is 16.8. The number of hydrogen-bond donors (Lipinski definition) is 0. The highest BCUT2D eigenvalue weighted by Gasteiger charge is 2.63. The third-order valence-electron chi connectivity index (χ3n) is 8.51. The number of rotatable bonds is 3. The van der Waals surface area contributed by atoms with Gasteiger partial charge in [-0.3, -0.25) is 4.90 Å². The molecule has 0 radical (unpaired) electrons. The van der Waals surface area contributed by atoms with Crippen LogP contribution < -0.4 is 0 Å². The smallest absolute Gasteiger partial charge is 0.0641 e. The molecule has 0 spiro atoms. The van der Waals surface area contributed by atoms with E-state index >= 15 is 0 Å². The summed E-state index contributed by atoms with van der Waals surface area (Å²) in [6.07, 6.45) is 8.58. The highest BCUT2D eigenvalue weighted by molar-refractivity contribution is 5.20. The zero-order valence-electron chi connectivity index (χ0n) is 16.8. The highest BCUT2D eigenvalue weighted by atomic mass is 15.2. The number of benzene rings is 1. The quantitative estimate of drug-likeness (QED) is 0.690. The first-order valence-corrected chi connectivity index (χ1v) is 10.6. The average Bonchev–Trinajstić information content (AvgIpc) is 2.95. The lowest BCUT2D eigenvalue weighted by Gasteiger charge is -2.62. The van der Waals surface area contributed by atoms with E-state index in [1.54, 1.807) is 0 Å². The second-order valence-electron chi connectivity index (χ2n) is 10.1. The van der Waals surface area contributed by atoms with Crippen LogP contribution in [0.25, 0.3) is 0 Å². The molecule has 1 aromatic rings. The Morgan fingerprint density at radius 1 is 1.04 bits per heavy atom. The number of fused-ring (bicyclic) bond motifs is 3. The monoisotopic (exact) mass is 350 g/mol. The summed E-state index contributed by atoms with van der Waals surface area (Å²) < 4.78 is 0. The summed E-state index contributed by atoms with van der Waals surface area (Å²) in [7, 11) is 0. The van der Waals surface area contributed by atoms with Crippen molar-refractivity contribution in [3.05, 3.63) is 35.9 Å². The minimum atomic E-state index is 0.100. The maximum absolute atomic E-state index is 9.75. The summed E-state index contributed by atoms with van der Waals surface area (Å²) in [6.45, 7) is 9.75. The van der Waals surface area contributed by atoms with Gasteiger partial charge >= 0.3 is 0 Å². The third-order valence-corrected chi connectivity index (χ3v) is 8.51. The lowest BCUT2D eigenvalue weighted by atomic mass is 9.44. The van der Waals surface area contributed by atoms with Crippen LogP contribution in [0.3, 0.4) is 0 Å². The van der Waals surface area contributed by atoms with Gasteiger partial charge in [-0.1, -0.05) is 57.5 Å². The molecule has 0 amide bonds. The van der Waals surface area contributed by atoms with E-state index in [4.69, 9.17) is 0 Å². The lowest BCUT2D eigenvalue weighted by Crippen LogP contribution is -2.60. The van der Waals surface area contributed by atoms with Gasteiger partial charge in [0, 0.05) is 12.1 Å². The topological polar surface area (TPSA) is 27.0 Å². The summed E-state index contributed by atoms with van der Waals surface area (Å²) >= 11 is 0. The molecule has 0 bridgehead atoms. The molecule has 2 heteroatoms. The van der Waals surface area contributed by atoms with Crippen LogP contribution in [0.1, 0.15) is 71.3 Å². The van der Waals surface area contributed by atoms with E-state index in [0.29, 0.717) is 23.2 Å². The molecule has 1 aliphatic heterocycles. The second-order valence-corrected chi connectivity index (χ2v) is 10.1. The van der Waals surface area contributed by atoms with Gasteiger partial charge in [0.2, 0.25) is 0 Å². The molecule has 3 fully saturated rings. The molecule has 2 aliphatic carbocycles. The minimum Gasteiger partial charge on any atom is -0.292 e. The van der Waals surface area contributed by atoms with Crippen LogP contribution in [0.2, 0.25) is 0 Å². The van der Waals surface area contributed by atoms with Gasteiger partial charge in [0.25, 0.3) is 0 Å². The number of nitriles is 1. The van der Waals surface area contributed by atoms with Gasteiger partial charge in [-0.2, -0.15) is 5.26 Å². The minimum absolute atomic E-state index is 0.100. The largest absolute Gasteiger partial charge is 0.292 e.